The van der Waals surface area contributed by atoms with E-state index in [1.807, 2.05) is 35.1 Å². The zero-order valence-electron chi connectivity index (χ0n) is 12.5. The van der Waals surface area contributed by atoms with Gasteiger partial charge in [0.15, 0.2) is 0 Å². The smallest absolute Gasteiger partial charge is 0.144 e. The Hall–Kier alpha value is -1.81. The fourth-order valence-electron chi connectivity index (χ4n) is 2.33. The molecule has 0 saturated heterocycles. The maximum atomic E-state index is 5.45. The fourth-order valence-corrected chi connectivity index (χ4v) is 2.33. The number of hydrogen-bond donors (Lipinski definition) is 1. The third-order valence-corrected chi connectivity index (χ3v) is 3.32. The van der Waals surface area contributed by atoms with E-state index in [0.717, 1.165) is 37.4 Å². The standard InChI is InChI=1S/C16H23N3O/c1-4-8-14-13(11-17-5-2)12-18-19(14)15-9-6-7-10-16(15)20-3/h6-7,9-10,12,17H,4-5,8,11H2,1-3H3. The summed E-state index contributed by atoms with van der Waals surface area (Å²) in [5.74, 6) is 0.850. The molecular weight excluding hydrogens is 250 g/mol. The molecule has 0 aliphatic carbocycles. The van der Waals surface area contributed by atoms with E-state index in [1.54, 1.807) is 7.11 Å². The first-order chi connectivity index (χ1) is 9.81. The first-order valence-electron chi connectivity index (χ1n) is 7.21. The predicted octanol–water partition coefficient (Wildman–Crippen LogP) is 2.94. The lowest BCUT2D eigenvalue weighted by molar-refractivity contribution is 0.411. The molecule has 0 radical (unpaired) electrons. The molecule has 20 heavy (non-hydrogen) atoms. The Morgan fingerprint density at radius 2 is 2.05 bits per heavy atom. The van der Waals surface area contributed by atoms with Crippen molar-refractivity contribution in [2.24, 2.45) is 0 Å². The second kappa shape index (κ2) is 7.10. The summed E-state index contributed by atoms with van der Waals surface area (Å²) in [4.78, 5) is 0. The average Bonchev–Trinajstić information content (AvgIpc) is 2.88. The number of rotatable bonds is 7. The molecule has 0 fully saturated rings. The zero-order chi connectivity index (χ0) is 14.4. The van der Waals surface area contributed by atoms with Crippen molar-refractivity contribution in [2.45, 2.75) is 33.2 Å². The molecule has 0 aliphatic heterocycles. The summed E-state index contributed by atoms with van der Waals surface area (Å²) >= 11 is 0. The highest BCUT2D eigenvalue weighted by Crippen LogP contribution is 2.25. The summed E-state index contributed by atoms with van der Waals surface area (Å²) < 4.78 is 7.46. The predicted molar refractivity (Wildman–Crippen MR) is 81.5 cm³/mol. The Labute approximate surface area is 120 Å². The lowest BCUT2D eigenvalue weighted by Gasteiger charge is -2.12. The lowest BCUT2D eigenvalue weighted by Crippen LogP contribution is -2.13. The molecule has 4 nitrogen and oxygen atoms in total. The fraction of sp³-hybridized carbons (Fsp3) is 0.438. The van der Waals surface area contributed by atoms with Crippen LogP contribution in [0.5, 0.6) is 5.75 Å². The van der Waals surface area contributed by atoms with Crippen LogP contribution in [0.25, 0.3) is 5.69 Å². The van der Waals surface area contributed by atoms with Gasteiger partial charge in [-0.2, -0.15) is 5.10 Å². The number of para-hydroxylation sites is 2. The minimum atomic E-state index is 0.850. The zero-order valence-corrected chi connectivity index (χ0v) is 12.5. The largest absolute Gasteiger partial charge is 0.494 e. The van der Waals surface area contributed by atoms with Crippen molar-refractivity contribution in [1.29, 1.82) is 0 Å². The van der Waals surface area contributed by atoms with E-state index in [4.69, 9.17) is 4.74 Å². The van der Waals surface area contributed by atoms with Gasteiger partial charge in [0, 0.05) is 17.8 Å². The molecule has 2 rings (SSSR count). The highest BCUT2D eigenvalue weighted by atomic mass is 16.5. The SMILES string of the molecule is CCCc1c(CNCC)cnn1-c1ccccc1OC. The van der Waals surface area contributed by atoms with Crippen LogP contribution < -0.4 is 10.1 Å². The second-order valence-electron chi connectivity index (χ2n) is 4.73. The maximum absolute atomic E-state index is 5.45. The topological polar surface area (TPSA) is 39.1 Å². The van der Waals surface area contributed by atoms with Crippen LogP contribution in [0.2, 0.25) is 0 Å². The monoisotopic (exact) mass is 273 g/mol. The van der Waals surface area contributed by atoms with Gasteiger partial charge in [-0.15, -0.1) is 0 Å². The summed E-state index contributed by atoms with van der Waals surface area (Å²) in [5.41, 5.74) is 3.53. The summed E-state index contributed by atoms with van der Waals surface area (Å²) in [7, 11) is 1.70. The Bertz CT molecular complexity index is 548. The van der Waals surface area contributed by atoms with Crippen LogP contribution in [0.4, 0.5) is 0 Å². The van der Waals surface area contributed by atoms with Gasteiger partial charge in [0.05, 0.1) is 13.3 Å². The molecule has 0 bridgehead atoms. The first kappa shape index (κ1) is 14.6. The van der Waals surface area contributed by atoms with Gasteiger partial charge in [0.2, 0.25) is 0 Å². The number of hydrogen-bond acceptors (Lipinski definition) is 3. The van der Waals surface area contributed by atoms with Gasteiger partial charge in [-0.05, 0) is 25.1 Å². The summed E-state index contributed by atoms with van der Waals surface area (Å²) in [5, 5.41) is 7.94. The minimum Gasteiger partial charge on any atom is -0.494 e. The third kappa shape index (κ3) is 3.02. The Morgan fingerprint density at radius 1 is 1.25 bits per heavy atom. The van der Waals surface area contributed by atoms with Crippen molar-refractivity contribution in [2.75, 3.05) is 13.7 Å². The van der Waals surface area contributed by atoms with Crippen LogP contribution in [-0.2, 0) is 13.0 Å². The molecule has 0 amide bonds. The first-order valence-corrected chi connectivity index (χ1v) is 7.21. The number of ether oxygens (including phenoxy) is 1. The molecule has 0 spiro atoms. The minimum absolute atomic E-state index is 0.850. The average molecular weight is 273 g/mol. The summed E-state index contributed by atoms with van der Waals surface area (Å²) in [6.07, 6.45) is 4.07. The molecular formula is C16H23N3O. The molecule has 4 heteroatoms. The molecule has 1 aromatic carbocycles. The van der Waals surface area contributed by atoms with Crippen molar-refractivity contribution < 1.29 is 4.74 Å². The van der Waals surface area contributed by atoms with E-state index in [0.29, 0.717) is 0 Å². The van der Waals surface area contributed by atoms with Gasteiger partial charge in [-0.1, -0.05) is 32.4 Å². The number of nitrogens with one attached hydrogen (secondary N) is 1. The molecule has 1 N–H and O–H groups in total. The van der Waals surface area contributed by atoms with Crippen molar-refractivity contribution in [1.82, 2.24) is 15.1 Å². The van der Waals surface area contributed by atoms with Gasteiger partial charge >= 0.3 is 0 Å². The van der Waals surface area contributed by atoms with Crippen molar-refractivity contribution in [3.8, 4) is 11.4 Å². The van der Waals surface area contributed by atoms with Gasteiger partial charge in [-0.25, -0.2) is 4.68 Å². The number of aromatic nitrogens is 2. The van der Waals surface area contributed by atoms with Crippen LogP contribution in [0.15, 0.2) is 30.5 Å². The second-order valence-corrected chi connectivity index (χ2v) is 4.73. The van der Waals surface area contributed by atoms with Crippen LogP contribution in [0, 0.1) is 0 Å². The molecule has 0 unspecified atom stereocenters. The van der Waals surface area contributed by atoms with Crippen molar-refractivity contribution in [3.63, 3.8) is 0 Å². The van der Waals surface area contributed by atoms with E-state index in [2.05, 4.69) is 24.3 Å². The summed E-state index contributed by atoms with van der Waals surface area (Å²) in [6.45, 7) is 6.13. The number of benzene rings is 1. The third-order valence-electron chi connectivity index (χ3n) is 3.32. The highest BCUT2D eigenvalue weighted by Gasteiger charge is 2.13. The molecule has 108 valence electrons. The van der Waals surface area contributed by atoms with E-state index in [9.17, 15) is 0 Å². The van der Waals surface area contributed by atoms with E-state index < -0.39 is 0 Å². The number of nitrogens with zero attached hydrogens (tertiary/aromatic N) is 2. The van der Waals surface area contributed by atoms with Crippen LogP contribution in [0.1, 0.15) is 31.5 Å². The molecule has 0 saturated carbocycles. The van der Waals surface area contributed by atoms with E-state index >= 15 is 0 Å². The maximum Gasteiger partial charge on any atom is 0.144 e. The lowest BCUT2D eigenvalue weighted by atomic mass is 10.1. The van der Waals surface area contributed by atoms with Crippen LogP contribution in [0.3, 0.4) is 0 Å². The molecule has 0 aliphatic rings. The van der Waals surface area contributed by atoms with Crippen LogP contribution >= 0.6 is 0 Å². The molecule has 2 aromatic rings. The Morgan fingerprint density at radius 3 is 2.75 bits per heavy atom. The van der Waals surface area contributed by atoms with Crippen molar-refractivity contribution in [3.05, 3.63) is 41.7 Å². The molecule has 1 heterocycles. The Balaban J connectivity index is 2.42. The molecule has 0 atom stereocenters. The highest BCUT2D eigenvalue weighted by molar-refractivity contribution is 5.47. The van der Waals surface area contributed by atoms with Gasteiger partial charge in [-0.3, -0.25) is 0 Å². The quantitative estimate of drug-likeness (QED) is 0.843. The molecule has 1 aromatic heterocycles. The normalized spacial score (nSPS) is 10.8. The summed E-state index contributed by atoms with van der Waals surface area (Å²) in [6, 6.07) is 8.00. The van der Waals surface area contributed by atoms with E-state index in [1.165, 1.54) is 11.3 Å². The van der Waals surface area contributed by atoms with Crippen LogP contribution in [-0.4, -0.2) is 23.4 Å². The van der Waals surface area contributed by atoms with Gasteiger partial charge in [0.25, 0.3) is 0 Å². The van der Waals surface area contributed by atoms with E-state index in [-0.39, 0.29) is 0 Å². The van der Waals surface area contributed by atoms with Crippen molar-refractivity contribution >= 4 is 0 Å². The van der Waals surface area contributed by atoms with Gasteiger partial charge < -0.3 is 10.1 Å². The Kier molecular flexibility index (Phi) is 5.18. The van der Waals surface area contributed by atoms with Gasteiger partial charge in [0.1, 0.15) is 11.4 Å². The number of methoxy groups -OCH3 is 1.